The number of rotatable bonds is 8. The molecule has 0 unspecified atom stereocenters. The zero-order valence-corrected chi connectivity index (χ0v) is 17.7. The summed E-state index contributed by atoms with van der Waals surface area (Å²) in [5.74, 6) is -1.54. The summed E-state index contributed by atoms with van der Waals surface area (Å²) >= 11 is 3.35. The van der Waals surface area contributed by atoms with Crippen molar-refractivity contribution in [2.75, 3.05) is 17.2 Å². The van der Waals surface area contributed by atoms with Gasteiger partial charge in [0.1, 0.15) is 0 Å². The van der Waals surface area contributed by atoms with Gasteiger partial charge in [-0.1, -0.05) is 15.9 Å². The third kappa shape index (κ3) is 7.50. The lowest BCUT2D eigenvalue weighted by Crippen LogP contribution is -2.21. The van der Waals surface area contributed by atoms with Gasteiger partial charge in [-0.25, -0.2) is 0 Å². The minimum Gasteiger partial charge on any atom is -0.456 e. The Morgan fingerprint density at radius 1 is 0.931 bits per heavy atom. The van der Waals surface area contributed by atoms with Crippen LogP contribution in [0.25, 0.3) is 0 Å². The highest BCUT2D eigenvalue weighted by atomic mass is 79.9. The normalized spacial score (nSPS) is 10.2. The monoisotopic (exact) mass is 460 g/mol. The van der Waals surface area contributed by atoms with Gasteiger partial charge in [-0.2, -0.15) is 0 Å². The Balaban J connectivity index is 1.71. The second kappa shape index (κ2) is 10.5. The van der Waals surface area contributed by atoms with E-state index in [1.807, 2.05) is 19.1 Å². The van der Waals surface area contributed by atoms with Crippen LogP contribution in [0.1, 0.15) is 35.7 Å². The molecule has 0 saturated heterocycles. The summed E-state index contributed by atoms with van der Waals surface area (Å²) in [5.41, 5.74) is 2.58. The first-order valence-electron chi connectivity index (χ1n) is 8.87. The molecule has 0 bridgehead atoms. The zero-order chi connectivity index (χ0) is 21.4. The Labute approximate surface area is 176 Å². The van der Waals surface area contributed by atoms with E-state index in [9.17, 15) is 19.2 Å². The third-order valence-electron chi connectivity index (χ3n) is 3.96. The highest BCUT2D eigenvalue weighted by molar-refractivity contribution is 9.10. The van der Waals surface area contributed by atoms with E-state index in [4.69, 9.17) is 4.74 Å². The van der Waals surface area contributed by atoms with Crippen LogP contribution in [0.5, 0.6) is 0 Å². The van der Waals surface area contributed by atoms with Crippen LogP contribution < -0.4 is 10.6 Å². The maximum absolute atomic E-state index is 12.0. The van der Waals surface area contributed by atoms with Crippen LogP contribution in [0.15, 0.2) is 46.9 Å². The number of amides is 2. The Morgan fingerprint density at radius 2 is 1.62 bits per heavy atom. The molecule has 0 aliphatic heterocycles. The van der Waals surface area contributed by atoms with Gasteiger partial charge in [0.05, 0.1) is 6.42 Å². The fourth-order valence-electron chi connectivity index (χ4n) is 2.40. The van der Waals surface area contributed by atoms with Gasteiger partial charge in [0.25, 0.3) is 5.91 Å². The minimum atomic E-state index is -0.644. The Kier molecular flexibility index (Phi) is 8.09. The van der Waals surface area contributed by atoms with Gasteiger partial charge in [0, 0.05) is 27.8 Å². The van der Waals surface area contributed by atoms with Gasteiger partial charge in [-0.05, 0) is 61.9 Å². The average molecular weight is 461 g/mol. The molecule has 0 saturated carbocycles. The summed E-state index contributed by atoms with van der Waals surface area (Å²) in [6.45, 7) is 2.86. The molecule has 0 heterocycles. The van der Waals surface area contributed by atoms with Crippen LogP contribution in [0.3, 0.4) is 0 Å². The zero-order valence-electron chi connectivity index (χ0n) is 16.1. The fourth-order valence-corrected chi connectivity index (χ4v) is 2.87. The van der Waals surface area contributed by atoms with Crippen LogP contribution in [0.4, 0.5) is 11.4 Å². The second-order valence-corrected chi connectivity index (χ2v) is 7.27. The number of carbonyl (C=O) groups is 4. The number of hydrogen-bond acceptors (Lipinski definition) is 5. The summed E-state index contributed by atoms with van der Waals surface area (Å²) < 4.78 is 5.79. The molecule has 0 fully saturated rings. The molecule has 2 amide bonds. The molecular formula is C21H21BrN2O5. The maximum atomic E-state index is 12.0. The van der Waals surface area contributed by atoms with Crippen molar-refractivity contribution in [2.45, 2.75) is 26.7 Å². The molecule has 0 atom stereocenters. The van der Waals surface area contributed by atoms with Gasteiger partial charge < -0.3 is 15.4 Å². The molecule has 2 rings (SSSR count). The number of esters is 1. The predicted molar refractivity (Wildman–Crippen MR) is 113 cm³/mol. The molecule has 0 aliphatic carbocycles. The van der Waals surface area contributed by atoms with Crippen molar-refractivity contribution in [1.29, 1.82) is 0 Å². The SMILES string of the molecule is CC(=O)c1ccc(NC(=O)COC(=O)CCC(=O)Nc2ccc(Br)cc2C)cc1. The Hall–Kier alpha value is -3.00. The number of carbonyl (C=O) groups excluding carboxylic acids is 4. The minimum absolute atomic E-state index is 0.0531. The van der Waals surface area contributed by atoms with Gasteiger partial charge in [-0.3, -0.25) is 19.2 Å². The topological polar surface area (TPSA) is 102 Å². The smallest absolute Gasteiger partial charge is 0.306 e. The van der Waals surface area contributed by atoms with E-state index in [1.165, 1.54) is 6.92 Å². The molecule has 0 aromatic heterocycles. The highest BCUT2D eigenvalue weighted by Crippen LogP contribution is 2.20. The molecule has 2 aromatic rings. The molecule has 152 valence electrons. The number of ketones is 1. The first-order chi connectivity index (χ1) is 13.7. The van der Waals surface area contributed by atoms with E-state index in [0.29, 0.717) is 16.9 Å². The molecule has 7 nitrogen and oxygen atoms in total. The Morgan fingerprint density at radius 3 is 2.24 bits per heavy atom. The summed E-state index contributed by atoms with van der Waals surface area (Å²) in [7, 11) is 0. The molecule has 0 radical (unpaired) electrons. The van der Waals surface area contributed by atoms with Crippen molar-refractivity contribution in [3.8, 4) is 0 Å². The predicted octanol–water partition coefficient (Wildman–Crippen LogP) is 3.86. The van der Waals surface area contributed by atoms with Gasteiger partial charge in [0.2, 0.25) is 5.91 Å². The number of aryl methyl sites for hydroxylation is 1. The standard InChI is InChI=1S/C21H21BrN2O5/c1-13-11-16(22)5-8-18(13)24-19(26)9-10-21(28)29-12-20(27)23-17-6-3-15(4-7-17)14(2)25/h3-8,11H,9-10,12H2,1-2H3,(H,23,27)(H,24,26). The molecule has 0 spiro atoms. The lowest BCUT2D eigenvalue weighted by molar-refractivity contribution is -0.147. The van der Waals surface area contributed by atoms with E-state index in [2.05, 4.69) is 26.6 Å². The van der Waals surface area contributed by atoms with Crippen molar-refractivity contribution in [1.82, 2.24) is 0 Å². The van der Waals surface area contributed by atoms with E-state index in [0.717, 1.165) is 10.0 Å². The summed E-state index contributed by atoms with van der Waals surface area (Å²) in [5, 5.41) is 5.29. The number of anilines is 2. The second-order valence-electron chi connectivity index (χ2n) is 6.35. The quantitative estimate of drug-likeness (QED) is 0.459. The van der Waals surface area contributed by atoms with Crippen molar-refractivity contribution in [2.24, 2.45) is 0 Å². The van der Waals surface area contributed by atoms with Crippen LogP contribution in [0, 0.1) is 6.92 Å². The summed E-state index contributed by atoms with van der Waals surface area (Å²) in [6, 6.07) is 11.8. The molecular weight excluding hydrogens is 440 g/mol. The molecule has 8 heteroatoms. The van der Waals surface area contributed by atoms with Gasteiger partial charge in [0.15, 0.2) is 12.4 Å². The number of hydrogen-bond donors (Lipinski definition) is 2. The van der Waals surface area contributed by atoms with Crippen LogP contribution in [-0.4, -0.2) is 30.2 Å². The summed E-state index contributed by atoms with van der Waals surface area (Å²) in [6.07, 6.45) is -0.190. The third-order valence-corrected chi connectivity index (χ3v) is 4.45. The van der Waals surface area contributed by atoms with Crippen molar-refractivity contribution < 1.29 is 23.9 Å². The van der Waals surface area contributed by atoms with Crippen LogP contribution >= 0.6 is 15.9 Å². The number of benzene rings is 2. The number of ether oxygens (including phenoxy) is 1. The highest BCUT2D eigenvalue weighted by Gasteiger charge is 2.12. The Bertz CT molecular complexity index is 925. The lowest BCUT2D eigenvalue weighted by atomic mass is 10.1. The van der Waals surface area contributed by atoms with Crippen LogP contribution in [-0.2, 0) is 19.1 Å². The van der Waals surface area contributed by atoms with E-state index in [1.54, 1.807) is 30.3 Å². The molecule has 2 aromatic carbocycles. The van der Waals surface area contributed by atoms with Crippen molar-refractivity contribution >= 4 is 50.9 Å². The summed E-state index contributed by atoms with van der Waals surface area (Å²) in [4.78, 5) is 46.8. The number of nitrogens with one attached hydrogen (secondary N) is 2. The van der Waals surface area contributed by atoms with Gasteiger partial charge >= 0.3 is 5.97 Å². The van der Waals surface area contributed by atoms with Crippen molar-refractivity contribution in [3.05, 3.63) is 58.1 Å². The fraction of sp³-hybridized carbons (Fsp3) is 0.238. The van der Waals surface area contributed by atoms with Gasteiger partial charge in [-0.15, -0.1) is 0 Å². The number of halogens is 1. The molecule has 29 heavy (non-hydrogen) atoms. The lowest BCUT2D eigenvalue weighted by Gasteiger charge is -2.09. The van der Waals surface area contributed by atoms with Crippen LogP contribution in [0.2, 0.25) is 0 Å². The maximum Gasteiger partial charge on any atom is 0.306 e. The first kappa shape index (κ1) is 22.3. The van der Waals surface area contributed by atoms with E-state index >= 15 is 0 Å². The molecule has 0 aliphatic rings. The van der Waals surface area contributed by atoms with Crippen molar-refractivity contribution in [3.63, 3.8) is 0 Å². The van der Waals surface area contributed by atoms with E-state index < -0.39 is 18.5 Å². The first-order valence-corrected chi connectivity index (χ1v) is 9.66. The average Bonchev–Trinajstić information content (AvgIpc) is 2.67. The number of Topliss-reactive ketones (excluding diaryl/α,β-unsaturated/α-hetero) is 1. The largest absolute Gasteiger partial charge is 0.456 e. The van der Waals surface area contributed by atoms with E-state index in [-0.39, 0.29) is 24.5 Å². The molecule has 2 N–H and O–H groups in total.